The lowest BCUT2D eigenvalue weighted by molar-refractivity contribution is -0.870. The highest BCUT2D eigenvalue weighted by atomic mass is 31.2. The lowest BCUT2D eigenvalue weighted by Crippen LogP contribution is -2.45. The average Bonchev–Trinajstić information content (AvgIpc) is 3.07. The summed E-state index contributed by atoms with van der Waals surface area (Å²) in [5.41, 5.74) is 0. The molecule has 1 amide bonds. The van der Waals surface area contributed by atoms with Crippen LogP contribution in [0.3, 0.4) is 0 Å². The fourth-order valence-electron chi connectivity index (χ4n) is 5.52. The maximum absolute atomic E-state index is 12.8. The molecule has 0 fully saturated rings. The Morgan fingerprint density at radius 1 is 0.686 bits per heavy atom. The van der Waals surface area contributed by atoms with Crippen molar-refractivity contribution in [3.05, 3.63) is 48.6 Å². The molecule has 0 aromatic carbocycles. The predicted molar refractivity (Wildman–Crippen MR) is 217 cm³/mol. The zero-order valence-electron chi connectivity index (χ0n) is 33.6. The molecule has 0 saturated carbocycles. The van der Waals surface area contributed by atoms with Gasteiger partial charge in [-0.05, 0) is 51.4 Å². The van der Waals surface area contributed by atoms with Gasteiger partial charge in [-0.2, -0.15) is 0 Å². The summed E-state index contributed by atoms with van der Waals surface area (Å²) in [6.07, 6.45) is 41.8. The molecule has 0 aliphatic rings. The molecule has 0 rings (SSSR count). The number of likely N-dealkylation sites (N-methyl/N-ethyl adjacent to an activating group) is 1. The first kappa shape index (κ1) is 49.5. The van der Waals surface area contributed by atoms with Gasteiger partial charge in [0.25, 0.3) is 0 Å². The molecule has 9 heteroatoms. The molecule has 0 heterocycles. The number of quaternary nitrogens is 1. The third kappa shape index (κ3) is 36.6. The summed E-state index contributed by atoms with van der Waals surface area (Å²) < 4.78 is 23.5. The van der Waals surface area contributed by atoms with E-state index >= 15 is 0 Å². The van der Waals surface area contributed by atoms with E-state index in [9.17, 15) is 19.4 Å². The fourth-order valence-corrected chi connectivity index (χ4v) is 6.26. The van der Waals surface area contributed by atoms with Crippen molar-refractivity contribution >= 4 is 13.7 Å². The lowest BCUT2D eigenvalue weighted by atomic mass is 10.0. The van der Waals surface area contributed by atoms with E-state index in [-0.39, 0.29) is 19.1 Å². The van der Waals surface area contributed by atoms with Crippen LogP contribution in [0, 0.1) is 0 Å². The van der Waals surface area contributed by atoms with Crippen molar-refractivity contribution in [1.29, 1.82) is 0 Å². The van der Waals surface area contributed by atoms with Gasteiger partial charge in [0.15, 0.2) is 0 Å². The quantitative estimate of drug-likeness (QED) is 0.0256. The first-order chi connectivity index (χ1) is 24.5. The van der Waals surface area contributed by atoms with Gasteiger partial charge >= 0.3 is 7.82 Å². The number of aliphatic hydroxyl groups is 1. The molecule has 3 unspecified atom stereocenters. The summed E-state index contributed by atoms with van der Waals surface area (Å²) in [6, 6.07) is -0.860. The Morgan fingerprint density at radius 3 is 1.73 bits per heavy atom. The van der Waals surface area contributed by atoms with Gasteiger partial charge in [-0.3, -0.25) is 13.8 Å². The highest BCUT2D eigenvalue weighted by Gasteiger charge is 2.27. The van der Waals surface area contributed by atoms with Gasteiger partial charge in [0.05, 0.1) is 39.9 Å². The van der Waals surface area contributed by atoms with Crippen LogP contribution in [0.2, 0.25) is 0 Å². The maximum Gasteiger partial charge on any atom is 0.472 e. The predicted octanol–water partition coefficient (Wildman–Crippen LogP) is 10.9. The van der Waals surface area contributed by atoms with Crippen molar-refractivity contribution in [3.8, 4) is 0 Å². The van der Waals surface area contributed by atoms with E-state index < -0.39 is 20.0 Å². The molecule has 0 bridgehead atoms. The number of phosphoric acid groups is 1. The summed E-state index contributed by atoms with van der Waals surface area (Å²) in [6.45, 7) is 4.65. The van der Waals surface area contributed by atoms with E-state index in [0.29, 0.717) is 17.4 Å². The van der Waals surface area contributed by atoms with Crippen LogP contribution in [-0.2, 0) is 18.4 Å². The maximum atomic E-state index is 12.8. The van der Waals surface area contributed by atoms with Crippen LogP contribution in [0.1, 0.15) is 162 Å². The zero-order chi connectivity index (χ0) is 37.9. The molecule has 0 aromatic heterocycles. The van der Waals surface area contributed by atoms with Crippen LogP contribution in [0.15, 0.2) is 48.6 Å². The number of carbonyl (C=O) groups is 1. The molecule has 0 saturated heterocycles. The van der Waals surface area contributed by atoms with Crippen LogP contribution in [0.4, 0.5) is 0 Å². The number of aliphatic hydroxyl groups excluding tert-OH is 1. The number of carbonyl (C=O) groups excluding carboxylic acids is 1. The van der Waals surface area contributed by atoms with E-state index in [1.165, 1.54) is 77.0 Å². The Labute approximate surface area is 314 Å². The normalized spacial score (nSPS) is 15.0. The van der Waals surface area contributed by atoms with Gasteiger partial charge in [-0.25, -0.2) is 4.57 Å². The molecule has 0 radical (unpaired) electrons. The minimum atomic E-state index is -4.34. The molecule has 8 nitrogen and oxygen atoms in total. The third-order valence-corrected chi connectivity index (χ3v) is 9.79. The summed E-state index contributed by atoms with van der Waals surface area (Å²) in [4.78, 5) is 23.0. The smallest absolute Gasteiger partial charge is 0.387 e. The Kier molecular flexibility index (Phi) is 33.2. The van der Waals surface area contributed by atoms with Gasteiger partial charge < -0.3 is 19.8 Å². The minimum absolute atomic E-state index is 0.0541. The fraction of sp³-hybridized carbons (Fsp3) is 0.786. The van der Waals surface area contributed by atoms with Gasteiger partial charge in [-0.1, -0.05) is 152 Å². The van der Waals surface area contributed by atoms with Crippen LogP contribution in [0.5, 0.6) is 0 Å². The summed E-state index contributed by atoms with van der Waals surface area (Å²) in [5.74, 6) is -0.209. The SMILES string of the molecule is CC/C=C\C/C=C\C/C=C\CCCCCC(=O)NC(COP(=O)(O)OCC[N+](C)(C)C)C(O)/C=C/CCCCCCCCCCCCCCCC. The van der Waals surface area contributed by atoms with Crippen LogP contribution in [-0.4, -0.2) is 73.4 Å². The Bertz CT molecular complexity index is 975. The Morgan fingerprint density at radius 2 is 1.18 bits per heavy atom. The number of rotatable bonds is 36. The van der Waals surface area contributed by atoms with Crippen molar-refractivity contribution in [2.24, 2.45) is 0 Å². The van der Waals surface area contributed by atoms with Crippen molar-refractivity contribution in [2.75, 3.05) is 40.9 Å². The van der Waals surface area contributed by atoms with Crippen molar-refractivity contribution in [1.82, 2.24) is 5.32 Å². The topological polar surface area (TPSA) is 105 Å². The summed E-state index contributed by atoms with van der Waals surface area (Å²) in [7, 11) is 1.54. The average molecular weight is 740 g/mol. The second kappa shape index (κ2) is 34.2. The molecular weight excluding hydrogens is 659 g/mol. The van der Waals surface area contributed by atoms with E-state index in [2.05, 4.69) is 55.6 Å². The molecule has 3 N–H and O–H groups in total. The third-order valence-electron chi connectivity index (χ3n) is 8.80. The number of hydrogen-bond donors (Lipinski definition) is 3. The number of allylic oxidation sites excluding steroid dienone is 7. The minimum Gasteiger partial charge on any atom is -0.387 e. The number of hydrogen-bond acceptors (Lipinski definition) is 5. The molecule has 0 spiro atoms. The highest BCUT2D eigenvalue weighted by molar-refractivity contribution is 7.47. The molecule has 0 aliphatic heterocycles. The van der Waals surface area contributed by atoms with Crippen LogP contribution in [0.25, 0.3) is 0 Å². The van der Waals surface area contributed by atoms with Crippen molar-refractivity contribution in [2.45, 2.75) is 174 Å². The van der Waals surface area contributed by atoms with E-state index in [4.69, 9.17) is 9.05 Å². The van der Waals surface area contributed by atoms with E-state index in [0.717, 1.165) is 64.2 Å². The molecule has 51 heavy (non-hydrogen) atoms. The molecule has 3 atom stereocenters. The number of nitrogens with one attached hydrogen (secondary N) is 1. The molecule has 0 aromatic rings. The van der Waals surface area contributed by atoms with Gasteiger partial charge in [-0.15, -0.1) is 0 Å². The van der Waals surface area contributed by atoms with Crippen LogP contribution >= 0.6 is 7.82 Å². The Balaban J connectivity index is 4.54. The number of nitrogens with zero attached hydrogens (tertiary/aromatic N) is 1. The van der Waals surface area contributed by atoms with Crippen molar-refractivity contribution < 1.29 is 32.9 Å². The Hall–Kier alpha value is -1.54. The van der Waals surface area contributed by atoms with Gasteiger partial charge in [0.1, 0.15) is 13.2 Å². The zero-order valence-corrected chi connectivity index (χ0v) is 34.5. The lowest BCUT2D eigenvalue weighted by Gasteiger charge is -2.25. The van der Waals surface area contributed by atoms with Gasteiger partial charge in [0.2, 0.25) is 5.91 Å². The molecular formula is C42H80N2O6P+. The molecule has 0 aliphatic carbocycles. The first-order valence-electron chi connectivity index (χ1n) is 20.5. The monoisotopic (exact) mass is 740 g/mol. The summed E-state index contributed by atoms with van der Waals surface area (Å²) >= 11 is 0. The van der Waals surface area contributed by atoms with E-state index in [1.807, 2.05) is 27.2 Å². The summed E-state index contributed by atoms with van der Waals surface area (Å²) in [5, 5.41) is 13.8. The van der Waals surface area contributed by atoms with Crippen molar-refractivity contribution in [3.63, 3.8) is 0 Å². The second-order valence-electron chi connectivity index (χ2n) is 15.0. The van der Waals surface area contributed by atoms with Gasteiger partial charge in [0, 0.05) is 6.42 Å². The number of phosphoric ester groups is 1. The van der Waals surface area contributed by atoms with E-state index in [1.54, 1.807) is 6.08 Å². The largest absolute Gasteiger partial charge is 0.472 e. The highest BCUT2D eigenvalue weighted by Crippen LogP contribution is 2.43. The first-order valence-corrected chi connectivity index (χ1v) is 22.0. The number of unbranched alkanes of at least 4 members (excludes halogenated alkanes) is 17. The van der Waals surface area contributed by atoms with Crippen LogP contribution < -0.4 is 5.32 Å². The number of amides is 1. The standard InChI is InChI=1S/C42H79N2O6P/c1-6-8-10-12-14-16-18-20-21-22-24-25-27-29-31-33-35-41(45)40(39-50-51(47,48)49-38-37-44(3,4)5)43-42(46)36-34-32-30-28-26-23-19-17-15-13-11-9-7-2/h9,11,15,17,23,26,33,35,40-41,45H,6-8,10,12-14,16,18-22,24-25,27-32,34,36-39H2,1-5H3,(H-,43,46,47,48)/p+1/b11-9-,17-15-,26-23-,35-33+. The molecule has 298 valence electrons. The second-order valence-corrected chi connectivity index (χ2v) is 16.4.